The fourth-order valence-corrected chi connectivity index (χ4v) is 3.71. The highest BCUT2D eigenvalue weighted by atomic mass is 16.5. The Morgan fingerprint density at radius 3 is 2.58 bits per heavy atom. The van der Waals surface area contributed by atoms with E-state index in [1.807, 2.05) is 26.8 Å². The zero-order valence-electron chi connectivity index (χ0n) is 15.3. The third-order valence-electron chi connectivity index (χ3n) is 4.91. The van der Waals surface area contributed by atoms with Gasteiger partial charge in [0.25, 0.3) is 0 Å². The van der Waals surface area contributed by atoms with Crippen LogP contribution in [0.25, 0.3) is 16.6 Å². The molecule has 0 saturated carbocycles. The number of amides is 1. The summed E-state index contributed by atoms with van der Waals surface area (Å²) in [5.74, 6) is -0.103. The van der Waals surface area contributed by atoms with E-state index in [2.05, 4.69) is 17.2 Å². The lowest BCUT2D eigenvalue weighted by molar-refractivity contribution is -0.136. The molecule has 136 valence electrons. The molecule has 2 aromatic heterocycles. The minimum absolute atomic E-state index is 0.0493. The van der Waals surface area contributed by atoms with E-state index in [1.54, 1.807) is 9.30 Å². The first-order valence-corrected chi connectivity index (χ1v) is 8.81. The van der Waals surface area contributed by atoms with Crippen LogP contribution in [0.4, 0.5) is 0 Å². The number of rotatable bonds is 2. The van der Waals surface area contributed by atoms with Crippen molar-refractivity contribution in [3.63, 3.8) is 0 Å². The summed E-state index contributed by atoms with van der Waals surface area (Å²) in [6, 6.07) is 6.17. The number of ether oxygens (including phenoxy) is 1. The van der Waals surface area contributed by atoms with E-state index in [1.165, 1.54) is 4.68 Å². The summed E-state index contributed by atoms with van der Waals surface area (Å²) in [7, 11) is 0. The standard InChI is InChI=1S/C19H22N4O3/c1-12-8-13(2)17-15(9-12)10-14(3)18-20-22(19(25)23(17)18)11-16(24)21-4-6-26-7-5-21/h8-10H,4-7,11H2,1-3H3. The van der Waals surface area contributed by atoms with Gasteiger partial charge in [-0.2, -0.15) is 0 Å². The molecule has 0 bridgehead atoms. The average molecular weight is 354 g/mol. The number of fused-ring (bicyclic) bond motifs is 3. The van der Waals surface area contributed by atoms with Gasteiger partial charge in [0.2, 0.25) is 5.91 Å². The van der Waals surface area contributed by atoms with Crippen molar-refractivity contribution in [2.24, 2.45) is 0 Å². The van der Waals surface area contributed by atoms with Crippen molar-refractivity contribution in [3.05, 3.63) is 45.4 Å². The fourth-order valence-electron chi connectivity index (χ4n) is 3.71. The number of hydrogen-bond donors (Lipinski definition) is 0. The second-order valence-electron chi connectivity index (χ2n) is 6.94. The van der Waals surface area contributed by atoms with Crippen LogP contribution in [0.2, 0.25) is 0 Å². The molecule has 3 aromatic rings. The quantitative estimate of drug-likeness (QED) is 0.698. The van der Waals surface area contributed by atoms with E-state index >= 15 is 0 Å². The molecule has 0 unspecified atom stereocenters. The largest absolute Gasteiger partial charge is 0.378 e. The molecule has 4 rings (SSSR count). The van der Waals surface area contributed by atoms with E-state index < -0.39 is 0 Å². The average Bonchev–Trinajstić information content (AvgIpc) is 2.92. The lowest BCUT2D eigenvalue weighted by atomic mass is 10.1. The van der Waals surface area contributed by atoms with Gasteiger partial charge in [0.05, 0.1) is 18.7 Å². The van der Waals surface area contributed by atoms with Crippen LogP contribution in [-0.2, 0) is 16.1 Å². The second kappa shape index (κ2) is 6.25. The van der Waals surface area contributed by atoms with Gasteiger partial charge in [-0.25, -0.2) is 13.9 Å². The molecule has 0 radical (unpaired) electrons. The van der Waals surface area contributed by atoms with Crippen molar-refractivity contribution in [3.8, 4) is 0 Å². The Morgan fingerprint density at radius 1 is 1.12 bits per heavy atom. The third kappa shape index (κ3) is 2.68. The SMILES string of the molecule is Cc1cc(C)c2c(c1)cc(C)c1nn(CC(=O)N3CCOCC3)c(=O)n12. The van der Waals surface area contributed by atoms with Crippen molar-refractivity contribution in [2.75, 3.05) is 26.3 Å². The van der Waals surface area contributed by atoms with Gasteiger partial charge < -0.3 is 9.64 Å². The van der Waals surface area contributed by atoms with Gasteiger partial charge in [0.1, 0.15) is 6.54 Å². The van der Waals surface area contributed by atoms with E-state index in [0.717, 1.165) is 27.6 Å². The highest BCUT2D eigenvalue weighted by molar-refractivity contribution is 5.86. The number of pyridine rings is 1. The molecule has 1 aliphatic heterocycles. The molecule has 0 aliphatic carbocycles. The maximum atomic E-state index is 13.0. The molecule has 1 amide bonds. The Kier molecular flexibility index (Phi) is 4.03. The zero-order valence-corrected chi connectivity index (χ0v) is 15.3. The van der Waals surface area contributed by atoms with Crippen LogP contribution in [0.15, 0.2) is 23.0 Å². The molecule has 1 aliphatic rings. The number of carbonyl (C=O) groups excluding carboxylic acids is 1. The molecule has 1 aromatic carbocycles. The lowest BCUT2D eigenvalue weighted by Gasteiger charge is -2.26. The summed E-state index contributed by atoms with van der Waals surface area (Å²) in [6.45, 7) is 8.11. The van der Waals surface area contributed by atoms with Crippen LogP contribution in [0.5, 0.6) is 0 Å². The number of hydrogen-bond acceptors (Lipinski definition) is 4. The van der Waals surface area contributed by atoms with Crippen LogP contribution in [-0.4, -0.2) is 51.3 Å². The first-order chi connectivity index (χ1) is 12.5. The molecule has 3 heterocycles. The number of carbonyl (C=O) groups is 1. The smallest absolute Gasteiger partial charge is 0.351 e. The number of aromatic nitrogens is 3. The van der Waals surface area contributed by atoms with E-state index in [4.69, 9.17) is 4.74 Å². The Balaban J connectivity index is 1.84. The Morgan fingerprint density at radius 2 is 1.85 bits per heavy atom. The summed E-state index contributed by atoms with van der Waals surface area (Å²) in [6.07, 6.45) is 0. The number of benzene rings is 1. The molecule has 26 heavy (non-hydrogen) atoms. The van der Waals surface area contributed by atoms with Crippen molar-refractivity contribution in [1.82, 2.24) is 19.1 Å². The van der Waals surface area contributed by atoms with Crippen LogP contribution < -0.4 is 5.69 Å². The van der Waals surface area contributed by atoms with E-state index in [0.29, 0.717) is 32.0 Å². The number of morpholine rings is 1. The monoisotopic (exact) mass is 354 g/mol. The van der Waals surface area contributed by atoms with Gasteiger partial charge in [0, 0.05) is 13.1 Å². The van der Waals surface area contributed by atoms with Gasteiger partial charge in [0.15, 0.2) is 5.65 Å². The van der Waals surface area contributed by atoms with Crippen molar-refractivity contribution >= 4 is 22.5 Å². The Bertz CT molecular complexity index is 1070. The molecule has 1 fully saturated rings. The molecular weight excluding hydrogens is 332 g/mol. The van der Waals surface area contributed by atoms with Crippen LogP contribution in [0.3, 0.4) is 0 Å². The number of nitrogens with zero attached hydrogens (tertiary/aromatic N) is 4. The maximum Gasteiger partial charge on any atom is 0.351 e. The van der Waals surface area contributed by atoms with E-state index in [9.17, 15) is 9.59 Å². The van der Waals surface area contributed by atoms with Crippen LogP contribution in [0, 0.1) is 20.8 Å². The van der Waals surface area contributed by atoms with Gasteiger partial charge in [-0.3, -0.25) is 4.79 Å². The number of aryl methyl sites for hydroxylation is 3. The Hall–Kier alpha value is -2.67. The minimum Gasteiger partial charge on any atom is -0.378 e. The minimum atomic E-state index is -0.276. The molecule has 0 N–H and O–H groups in total. The van der Waals surface area contributed by atoms with Gasteiger partial charge >= 0.3 is 5.69 Å². The van der Waals surface area contributed by atoms with Gasteiger partial charge in [-0.15, -0.1) is 5.10 Å². The van der Waals surface area contributed by atoms with Crippen molar-refractivity contribution in [1.29, 1.82) is 0 Å². The second-order valence-corrected chi connectivity index (χ2v) is 6.94. The predicted octanol–water partition coefficient (Wildman–Crippen LogP) is 1.43. The van der Waals surface area contributed by atoms with Gasteiger partial charge in [-0.05, 0) is 49.4 Å². The molecule has 7 nitrogen and oxygen atoms in total. The first kappa shape index (κ1) is 16.8. The summed E-state index contributed by atoms with van der Waals surface area (Å²) in [5, 5.41) is 5.46. The molecule has 7 heteroatoms. The van der Waals surface area contributed by atoms with Gasteiger partial charge in [-0.1, -0.05) is 11.6 Å². The van der Waals surface area contributed by atoms with Crippen molar-refractivity contribution < 1.29 is 9.53 Å². The predicted molar refractivity (Wildman–Crippen MR) is 98.6 cm³/mol. The van der Waals surface area contributed by atoms with Crippen LogP contribution >= 0.6 is 0 Å². The van der Waals surface area contributed by atoms with Crippen LogP contribution in [0.1, 0.15) is 16.7 Å². The fraction of sp³-hybridized carbons (Fsp3) is 0.421. The summed E-state index contributed by atoms with van der Waals surface area (Å²) in [5.41, 5.74) is 4.26. The normalized spacial score (nSPS) is 15.1. The third-order valence-corrected chi connectivity index (χ3v) is 4.91. The summed E-state index contributed by atoms with van der Waals surface area (Å²) >= 11 is 0. The zero-order chi connectivity index (χ0) is 18.4. The van der Waals surface area contributed by atoms with E-state index in [-0.39, 0.29) is 18.1 Å². The highest BCUT2D eigenvalue weighted by Crippen LogP contribution is 2.23. The topological polar surface area (TPSA) is 68.8 Å². The molecule has 0 spiro atoms. The first-order valence-electron chi connectivity index (χ1n) is 8.81. The lowest BCUT2D eigenvalue weighted by Crippen LogP contribution is -2.43. The van der Waals surface area contributed by atoms with Crippen molar-refractivity contribution in [2.45, 2.75) is 27.3 Å². The Labute approximate surface area is 150 Å². The molecule has 1 saturated heterocycles. The molecular formula is C19H22N4O3. The molecule has 0 atom stereocenters. The summed E-state index contributed by atoms with van der Waals surface area (Å²) in [4.78, 5) is 27.3. The maximum absolute atomic E-state index is 13.0. The highest BCUT2D eigenvalue weighted by Gasteiger charge is 2.20. The summed E-state index contributed by atoms with van der Waals surface area (Å²) < 4.78 is 8.18.